The van der Waals surface area contributed by atoms with E-state index in [0.29, 0.717) is 0 Å². The second kappa shape index (κ2) is 16.2. The lowest BCUT2D eigenvalue weighted by atomic mass is 9.95. The Hall–Kier alpha value is -1.32. The van der Waals surface area contributed by atoms with Crippen molar-refractivity contribution in [1.29, 1.82) is 10.5 Å². The van der Waals surface area contributed by atoms with E-state index in [9.17, 15) is 0 Å². The minimum absolute atomic E-state index is 0.246. The zero-order valence-corrected chi connectivity index (χ0v) is 17.1. The van der Waals surface area contributed by atoms with E-state index in [-0.39, 0.29) is 5.57 Å². The van der Waals surface area contributed by atoms with E-state index in [2.05, 4.69) is 32.6 Å². The predicted molar refractivity (Wildman–Crippen MR) is 107 cm³/mol. The van der Waals surface area contributed by atoms with Gasteiger partial charge in [-0.2, -0.15) is 10.5 Å². The molecule has 0 aromatic rings. The Morgan fingerprint density at radius 1 is 0.880 bits per heavy atom. The predicted octanol–water partition coefficient (Wildman–Crippen LogP) is 6.08. The van der Waals surface area contributed by atoms with Crippen LogP contribution in [-0.4, -0.2) is 24.5 Å². The Balaban J connectivity index is 4.80. The summed E-state index contributed by atoms with van der Waals surface area (Å²) in [5, 5.41) is 17.8. The average molecular weight is 346 g/mol. The summed E-state index contributed by atoms with van der Waals surface area (Å²) in [5.41, 5.74) is 0.246. The standard InChI is InChI=1S/C22H39N3/c1-5-9-12-20(7-3)18-25(15-11-14-22(16-23)17-24)19-21(8-4)13-10-6-2/h14,20-21H,5-13,15,18-19H2,1-4H3. The first kappa shape index (κ1) is 23.7. The first-order valence-corrected chi connectivity index (χ1v) is 10.4. The molecule has 0 saturated heterocycles. The largest absolute Gasteiger partial charge is 0.302 e. The fourth-order valence-corrected chi connectivity index (χ4v) is 3.33. The summed E-state index contributed by atoms with van der Waals surface area (Å²) in [4.78, 5) is 2.59. The molecule has 0 bridgehead atoms. The molecule has 0 spiro atoms. The molecule has 0 saturated carbocycles. The number of hydrogen-bond donors (Lipinski definition) is 0. The van der Waals surface area contributed by atoms with Crippen molar-refractivity contribution in [2.24, 2.45) is 11.8 Å². The van der Waals surface area contributed by atoms with Crippen LogP contribution in [0.3, 0.4) is 0 Å². The Labute approximate surface area is 156 Å². The molecule has 0 rings (SSSR count). The van der Waals surface area contributed by atoms with Crippen LogP contribution in [0.15, 0.2) is 11.6 Å². The normalized spacial score (nSPS) is 13.1. The molecule has 3 heteroatoms. The van der Waals surface area contributed by atoms with Crippen molar-refractivity contribution in [3.8, 4) is 12.1 Å². The van der Waals surface area contributed by atoms with Gasteiger partial charge < -0.3 is 4.90 Å². The van der Waals surface area contributed by atoms with E-state index < -0.39 is 0 Å². The van der Waals surface area contributed by atoms with Crippen molar-refractivity contribution in [1.82, 2.24) is 4.90 Å². The lowest BCUT2D eigenvalue weighted by Gasteiger charge is -2.30. The second-order valence-corrected chi connectivity index (χ2v) is 7.22. The molecule has 0 aromatic carbocycles. The van der Waals surface area contributed by atoms with Crippen molar-refractivity contribution >= 4 is 0 Å². The van der Waals surface area contributed by atoms with Crippen LogP contribution in [-0.2, 0) is 0 Å². The fraction of sp³-hybridized carbons (Fsp3) is 0.818. The Morgan fingerprint density at radius 2 is 1.36 bits per heavy atom. The Kier molecular flexibility index (Phi) is 15.3. The first-order chi connectivity index (χ1) is 12.1. The molecular formula is C22H39N3. The Morgan fingerprint density at radius 3 is 1.72 bits per heavy atom. The van der Waals surface area contributed by atoms with E-state index in [0.717, 1.165) is 37.9 Å². The van der Waals surface area contributed by atoms with Gasteiger partial charge in [-0.25, -0.2) is 0 Å². The number of nitrogens with zero attached hydrogens (tertiary/aromatic N) is 3. The maximum absolute atomic E-state index is 8.90. The highest BCUT2D eigenvalue weighted by Crippen LogP contribution is 2.19. The van der Waals surface area contributed by atoms with Crippen LogP contribution < -0.4 is 0 Å². The van der Waals surface area contributed by atoms with Gasteiger partial charge in [-0.3, -0.25) is 0 Å². The maximum atomic E-state index is 8.90. The van der Waals surface area contributed by atoms with Crippen molar-refractivity contribution in [2.75, 3.05) is 19.6 Å². The molecule has 0 N–H and O–H groups in total. The maximum Gasteiger partial charge on any atom is 0.125 e. The molecule has 0 aliphatic rings. The van der Waals surface area contributed by atoms with Crippen LogP contribution in [0.2, 0.25) is 0 Å². The molecule has 0 aliphatic carbocycles. The van der Waals surface area contributed by atoms with Gasteiger partial charge in [-0.1, -0.05) is 72.3 Å². The highest BCUT2D eigenvalue weighted by Gasteiger charge is 2.16. The van der Waals surface area contributed by atoms with Crippen LogP contribution >= 0.6 is 0 Å². The number of nitriles is 2. The highest BCUT2D eigenvalue weighted by molar-refractivity contribution is 5.34. The van der Waals surface area contributed by atoms with Crippen molar-refractivity contribution in [3.05, 3.63) is 11.6 Å². The minimum Gasteiger partial charge on any atom is -0.302 e. The molecule has 3 nitrogen and oxygen atoms in total. The quantitative estimate of drug-likeness (QED) is 0.338. The minimum atomic E-state index is 0.246. The third-order valence-electron chi connectivity index (χ3n) is 5.15. The van der Waals surface area contributed by atoms with Gasteiger partial charge in [0.15, 0.2) is 0 Å². The molecular weight excluding hydrogens is 306 g/mol. The SMILES string of the molecule is CCCCC(CC)CN(CCC=C(C#N)C#N)CC(CC)CCCC. The van der Waals surface area contributed by atoms with Crippen molar-refractivity contribution in [2.45, 2.75) is 85.5 Å². The van der Waals surface area contributed by atoms with E-state index >= 15 is 0 Å². The summed E-state index contributed by atoms with van der Waals surface area (Å²) in [5.74, 6) is 1.53. The van der Waals surface area contributed by atoms with Gasteiger partial charge in [0, 0.05) is 19.6 Å². The molecule has 0 radical (unpaired) electrons. The molecule has 2 atom stereocenters. The molecule has 0 aliphatic heterocycles. The molecule has 0 heterocycles. The van der Waals surface area contributed by atoms with E-state index in [1.165, 1.54) is 51.4 Å². The van der Waals surface area contributed by atoms with Crippen LogP contribution in [0.25, 0.3) is 0 Å². The van der Waals surface area contributed by atoms with Crippen LogP contribution in [0, 0.1) is 34.5 Å². The summed E-state index contributed by atoms with van der Waals surface area (Å²) in [6.07, 6.45) is 12.8. The second-order valence-electron chi connectivity index (χ2n) is 7.22. The monoisotopic (exact) mass is 345 g/mol. The topological polar surface area (TPSA) is 50.8 Å². The Bertz CT molecular complexity index is 394. The zero-order valence-electron chi connectivity index (χ0n) is 17.1. The van der Waals surface area contributed by atoms with Gasteiger partial charge >= 0.3 is 0 Å². The molecule has 0 aromatic heterocycles. The van der Waals surface area contributed by atoms with Crippen LogP contribution in [0.4, 0.5) is 0 Å². The average Bonchev–Trinajstić information content (AvgIpc) is 2.64. The molecule has 25 heavy (non-hydrogen) atoms. The number of unbranched alkanes of at least 4 members (excludes halogenated alkanes) is 2. The lowest BCUT2D eigenvalue weighted by molar-refractivity contribution is 0.184. The summed E-state index contributed by atoms with van der Waals surface area (Å²) >= 11 is 0. The number of allylic oxidation sites excluding steroid dienone is 1. The van der Waals surface area contributed by atoms with Gasteiger partial charge in [0.25, 0.3) is 0 Å². The summed E-state index contributed by atoms with van der Waals surface area (Å²) in [6.45, 7) is 12.4. The summed E-state index contributed by atoms with van der Waals surface area (Å²) in [6, 6.07) is 3.93. The van der Waals surface area contributed by atoms with Gasteiger partial charge in [0.05, 0.1) is 0 Å². The van der Waals surface area contributed by atoms with E-state index in [4.69, 9.17) is 10.5 Å². The highest BCUT2D eigenvalue weighted by atomic mass is 15.1. The number of rotatable bonds is 15. The van der Waals surface area contributed by atoms with Crippen molar-refractivity contribution in [3.63, 3.8) is 0 Å². The van der Waals surface area contributed by atoms with Gasteiger partial charge in [0.2, 0.25) is 0 Å². The number of hydrogen-bond acceptors (Lipinski definition) is 3. The van der Waals surface area contributed by atoms with Crippen LogP contribution in [0.1, 0.15) is 85.5 Å². The first-order valence-electron chi connectivity index (χ1n) is 10.4. The van der Waals surface area contributed by atoms with E-state index in [1.54, 1.807) is 6.08 Å². The zero-order chi connectivity index (χ0) is 18.9. The smallest absolute Gasteiger partial charge is 0.125 e. The summed E-state index contributed by atoms with van der Waals surface area (Å²) < 4.78 is 0. The molecule has 0 amide bonds. The van der Waals surface area contributed by atoms with Crippen LogP contribution in [0.5, 0.6) is 0 Å². The molecule has 0 fully saturated rings. The summed E-state index contributed by atoms with van der Waals surface area (Å²) in [7, 11) is 0. The van der Waals surface area contributed by atoms with E-state index in [1.807, 2.05) is 12.1 Å². The lowest BCUT2D eigenvalue weighted by Crippen LogP contribution is -2.34. The third-order valence-corrected chi connectivity index (χ3v) is 5.15. The fourth-order valence-electron chi connectivity index (χ4n) is 3.33. The van der Waals surface area contributed by atoms with Gasteiger partial charge in [-0.05, 0) is 31.1 Å². The van der Waals surface area contributed by atoms with Crippen molar-refractivity contribution < 1.29 is 0 Å². The molecule has 2 unspecified atom stereocenters. The molecule has 142 valence electrons. The third kappa shape index (κ3) is 11.8. The van der Waals surface area contributed by atoms with Gasteiger partial charge in [-0.15, -0.1) is 0 Å². The van der Waals surface area contributed by atoms with Gasteiger partial charge in [0.1, 0.15) is 17.7 Å².